The minimum absolute atomic E-state index is 0.0824. The number of aryl methyl sites for hydroxylation is 2. The highest BCUT2D eigenvalue weighted by atomic mass is 32.2. The second kappa shape index (κ2) is 9.67. The van der Waals surface area contributed by atoms with E-state index in [-0.39, 0.29) is 27.3 Å². The normalized spacial score (nSPS) is 17.6. The molecule has 3 aromatic rings. The van der Waals surface area contributed by atoms with E-state index in [0.29, 0.717) is 17.2 Å². The lowest BCUT2D eigenvalue weighted by Crippen LogP contribution is -2.33. The van der Waals surface area contributed by atoms with Crippen molar-refractivity contribution >= 4 is 21.2 Å². The summed E-state index contributed by atoms with van der Waals surface area (Å²) in [5, 5.41) is 0.600. The van der Waals surface area contributed by atoms with E-state index < -0.39 is 21.9 Å². The largest absolute Gasteiger partial charge is 0.573 e. The fraction of sp³-hybridized carbons (Fsp3) is 0.333. The Morgan fingerprint density at radius 3 is 2.53 bits per heavy atom. The fourth-order valence-corrected chi connectivity index (χ4v) is 7.12. The number of rotatable bonds is 6. The molecule has 1 aliphatic rings. The molecule has 0 saturated carbocycles. The van der Waals surface area contributed by atoms with Gasteiger partial charge in [0.15, 0.2) is 0 Å². The van der Waals surface area contributed by atoms with Crippen LogP contribution in [-0.4, -0.2) is 31.2 Å². The van der Waals surface area contributed by atoms with Gasteiger partial charge in [-0.25, -0.2) is 13.4 Å². The van der Waals surface area contributed by atoms with Crippen molar-refractivity contribution < 1.29 is 26.3 Å². The molecule has 1 aromatic heterocycles. The van der Waals surface area contributed by atoms with Crippen LogP contribution in [0.3, 0.4) is 0 Å². The van der Waals surface area contributed by atoms with Gasteiger partial charge in [-0.1, -0.05) is 30.3 Å². The van der Waals surface area contributed by atoms with Crippen LogP contribution in [0.1, 0.15) is 40.7 Å². The molecule has 0 aliphatic carbocycles. The van der Waals surface area contributed by atoms with Crippen molar-refractivity contribution in [3.8, 4) is 5.75 Å². The Kier molecular flexibility index (Phi) is 7.02. The Balaban J connectivity index is 1.74. The number of hydrogen-bond donors (Lipinski definition) is 0. The highest BCUT2D eigenvalue weighted by Crippen LogP contribution is 2.37. The number of hydrogen-bond acceptors (Lipinski definition) is 6. The van der Waals surface area contributed by atoms with Crippen LogP contribution in [0.25, 0.3) is 0 Å². The van der Waals surface area contributed by atoms with Gasteiger partial charge in [-0.05, 0) is 63.4 Å². The minimum Gasteiger partial charge on any atom is -0.405 e. The van der Waals surface area contributed by atoms with Crippen molar-refractivity contribution in [3.63, 3.8) is 0 Å². The number of likely N-dealkylation sites (tertiary alicyclic amines) is 1. The number of alkyl halides is 3. The molecule has 1 atom stereocenters. The molecule has 2 aromatic carbocycles. The Morgan fingerprint density at radius 2 is 1.88 bits per heavy atom. The topological polar surface area (TPSA) is 59.5 Å². The van der Waals surface area contributed by atoms with Crippen LogP contribution in [0, 0.1) is 20.3 Å². The number of benzene rings is 2. The van der Waals surface area contributed by atoms with E-state index >= 15 is 0 Å². The van der Waals surface area contributed by atoms with Crippen molar-refractivity contribution in [1.29, 1.82) is 0 Å². The molecule has 1 radical (unpaired) electrons. The smallest absolute Gasteiger partial charge is 0.405 e. The number of nitrogens with zero attached hydrogens (tertiary/aromatic N) is 2. The van der Waals surface area contributed by atoms with Crippen LogP contribution in [0.15, 0.2) is 57.6 Å². The van der Waals surface area contributed by atoms with Gasteiger partial charge in [0.25, 0.3) is 0 Å². The van der Waals surface area contributed by atoms with Crippen LogP contribution in [0.4, 0.5) is 13.2 Å². The first kappa shape index (κ1) is 24.7. The molecule has 2 heterocycles. The minimum atomic E-state index is -4.90. The lowest BCUT2D eigenvalue weighted by Gasteiger charge is -2.36. The van der Waals surface area contributed by atoms with Gasteiger partial charge < -0.3 is 4.74 Å². The molecule has 0 spiro atoms. The second-order valence-corrected chi connectivity index (χ2v) is 11.5. The number of thiazole rings is 1. The molecular formula is C24H24F3N2O3S2. The Morgan fingerprint density at radius 1 is 1.15 bits per heavy atom. The average Bonchev–Trinajstić information content (AvgIpc) is 3.13. The molecule has 0 amide bonds. The molecule has 34 heavy (non-hydrogen) atoms. The zero-order valence-electron chi connectivity index (χ0n) is 18.7. The first-order valence-corrected chi connectivity index (χ1v) is 13.0. The van der Waals surface area contributed by atoms with Gasteiger partial charge in [0.05, 0.1) is 15.6 Å². The summed E-state index contributed by atoms with van der Waals surface area (Å²) < 4.78 is 70.3. The number of aromatic nitrogens is 1. The first-order chi connectivity index (χ1) is 16.0. The van der Waals surface area contributed by atoms with Crippen LogP contribution in [0.5, 0.6) is 5.75 Å². The molecule has 0 N–H and O–H groups in total. The summed E-state index contributed by atoms with van der Waals surface area (Å²) in [6.07, 6.45) is -1.02. The molecule has 0 unspecified atom stereocenters. The predicted molar refractivity (Wildman–Crippen MR) is 123 cm³/mol. The maximum Gasteiger partial charge on any atom is 0.573 e. The zero-order chi connectivity index (χ0) is 24.5. The summed E-state index contributed by atoms with van der Waals surface area (Å²) in [6.45, 7) is 4.07. The molecule has 1 fully saturated rings. The van der Waals surface area contributed by atoms with E-state index in [0.717, 1.165) is 41.9 Å². The predicted octanol–water partition coefficient (Wildman–Crippen LogP) is 6.03. The lowest BCUT2D eigenvalue weighted by molar-refractivity contribution is -0.275. The van der Waals surface area contributed by atoms with E-state index in [9.17, 15) is 21.6 Å². The van der Waals surface area contributed by atoms with Crippen molar-refractivity contribution in [1.82, 2.24) is 9.88 Å². The van der Waals surface area contributed by atoms with Gasteiger partial charge in [-0.3, -0.25) is 4.90 Å². The Hall–Kier alpha value is -2.43. The maximum absolute atomic E-state index is 13.3. The zero-order valence-corrected chi connectivity index (χ0v) is 20.3. The third-order valence-electron chi connectivity index (χ3n) is 5.62. The molecule has 0 bridgehead atoms. The molecule has 1 saturated heterocycles. The molecule has 10 heteroatoms. The quantitative estimate of drug-likeness (QED) is 0.406. The monoisotopic (exact) mass is 509 g/mol. The highest BCUT2D eigenvalue weighted by Gasteiger charge is 2.34. The molecule has 5 nitrogen and oxygen atoms in total. The third kappa shape index (κ3) is 5.45. The van der Waals surface area contributed by atoms with Gasteiger partial charge in [0.1, 0.15) is 9.96 Å². The molecule has 181 valence electrons. The van der Waals surface area contributed by atoms with E-state index in [4.69, 9.17) is 0 Å². The molecule has 4 rings (SSSR count). The number of piperidine rings is 1. The summed E-state index contributed by atoms with van der Waals surface area (Å²) in [5.74, 6) is -0.402. The van der Waals surface area contributed by atoms with E-state index in [2.05, 4.69) is 16.1 Å². The van der Waals surface area contributed by atoms with E-state index in [1.165, 1.54) is 6.07 Å². The van der Waals surface area contributed by atoms with Gasteiger partial charge in [-0.2, -0.15) is 0 Å². The number of halogens is 3. The van der Waals surface area contributed by atoms with E-state index in [1.54, 1.807) is 13.8 Å². The van der Waals surface area contributed by atoms with Gasteiger partial charge >= 0.3 is 6.36 Å². The van der Waals surface area contributed by atoms with Gasteiger partial charge in [0, 0.05) is 18.2 Å². The summed E-state index contributed by atoms with van der Waals surface area (Å²) in [7, 11) is -3.95. The van der Waals surface area contributed by atoms with Crippen LogP contribution >= 0.6 is 11.3 Å². The SMILES string of the molecule is Cc1nc(C)c(S(=O)(=O)c2ccc(OC(F)(F)F)c(CN3CCC[CH][C@H]3c3ccccc3)c2)s1. The Labute approximate surface area is 201 Å². The van der Waals surface area contributed by atoms with Crippen LogP contribution in [-0.2, 0) is 16.4 Å². The van der Waals surface area contributed by atoms with E-state index in [1.807, 2.05) is 35.2 Å². The van der Waals surface area contributed by atoms with Gasteiger partial charge in [0.2, 0.25) is 9.84 Å². The first-order valence-electron chi connectivity index (χ1n) is 10.7. The summed E-state index contributed by atoms with van der Waals surface area (Å²) in [4.78, 5) is 6.14. The second-order valence-electron chi connectivity index (χ2n) is 8.13. The van der Waals surface area contributed by atoms with Crippen molar-refractivity contribution in [2.45, 2.75) is 54.7 Å². The summed E-state index contributed by atoms with van der Waals surface area (Å²) >= 11 is 1.04. The molecular weight excluding hydrogens is 485 g/mol. The Bertz CT molecular complexity index is 1260. The standard InChI is InChI=1S/C24H24F3N2O3S2/c1-16-23(33-17(2)28-16)34(30,31)20-11-12-22(32-24(25,26)27)19(14-20)15-29-13-7-6-10-21(29)18-8-4-3-5-9-18/h3-5,8-12,14,21H,6-7,13,15H2,1-2H3/t21-/m0/s1. The summed E-state index contributed by atoms with van der Waals surface area (Å²) in [5.41, 5.74) is 1.56. The fourth-order valence-electron chi connectivity index (χ4n) is 4.19. The summed E-state index contributed by atoms with van der Waals surface area (Å²) in [6, 6.07) is 13.1. The third-order valence-corrected chi connectivity index (χ3v) is 9.05. The molecule has 1 aliphatic heterocycles. The van der Waals surface area contributed by atoms with Crippen molar-refractivity contribution in [2.75, 3.05) is 6.54 Å². The van der Waals surface area contributed by atoms with Crippen LogP contribution < -0.4 is 4.74 Å². The number of ether oxygens (including phenoxy) is 1. The average molecular weight is 510 g/mol. The maximum atomic E-state index is 13.3. The highest BCUT2D eigenvalue weighted by molar-refractivity contribution is 7.93. The number of sulfone groups is 1. The van der Waals surface area contributed by atoms with Crippen LogP contribution in [0.2, 0.25) is 0 Å². The van der Waals surface area contributed by atoms with Crippen molar-refractivity contribution in [2.24, 2.45) is 0 Å². The van der Waals surface area contributed by atoms with Gasteiger partial charge in [-0.15, -0.1) is 24.5 Å². The van der Waals surface area contributed by atoms with Crippen molar-refractivity contribution in [3.05, 3.63) is 76.8 Å². The lowest BCUT2D eigenvalue weighted by atomic mass is 9.94.